The minimum atomic E-state index is -2.24. The van der Waals surface area contributed by atoms with E-state index in [9.17, 15) is 9.59 Å². The average molecular weight is 454 g/mol. The van der Waals surface area contributed by atoms with Gasteiger partial charge in [-0.2, -0.15) is 0 Å². The first-order chi connectivity index (χ1) is 10.4. The fourth-order valence-corrected chi connectivity index (χ4v) is 1.88. The maximum Gasteiger partial charge on any atom is 0.515 e. The Morgan fingerprint density at radius 3 is 1.91 bits per heavy atom. The predicted octanol–water partition coefficient (Wildman–Crippen LogP) is 4.49. The van der Waals surface area contributed by atoms with Crippen LogP contribution in [0.3, 0.4) is 0 Å². The van der Waals surface area contributed by atoms with Gasteiger partial charge in [0.1, 0.15) is 6.04 Å². The van der Waals surface area contributed by atoms with Crippen molar-refractivity contribution in [1.29, 1.82) is 0 Å². The zero-order valence-corrected chi connectivity index (χ0v) is 16.5. The number of piperidine rings is 1. The zero-order chi connectivity index (χ0) is 18.1. The number of rotatable bonds is 2. The lowest BCUT2D eigenvalue weighted by molar-refractivity contribution is -0.146. The van der Waals surface area contributed by atoms with Crippen LogP contribution in [0.25, 0.3) is 0 Å². The van der Waals surface area contributed by atoms with Gasteiger partial charge in [-0.25, -0.2) is 4.79 Å². The van der Waals surface area contributed by atoms with Crippen LogP contribution in [0.5, 0.6) is 0 Å². The lowest BCUT2D eigenvalue weighted by Gasteiger charge is -2.21. The van der Waals surface area contributed by atoms with Crippen LogP contribution in [0, 0.1) is 0 Å². The third-order valence-corrected chi connectivity index (χ3v) is 2.74. The summed E-state index contributed by atoms with van der Waals surface area (Å²) in [7, 11) is 0. The van der Waals surface area contributed by atoms with Crippen LogP contribution in [0.4, 0.5) is 4.79 Å². The number of carbonyl (C=O) groups excluding carboxylic acids is 2. The molecule has 1 fully saturated rings. The Labute approximate surface area is 163 Å². The molecule has 0 aliphatic carbocycles. The first-order valence-electron chi connectivity index (χ1n) is 6.40. The molecule has 1 heterocycles. The highest BCUT2D eigenvalue weighted by molar-refractivity contribution is 6.67. The monoisotopic (exact) mass is 451 g/mol. The van der Waals surface area contributed by atoms with Crippen molar-refractivity contribution >= 4 is 81.7 Å². The highest BCUT2D eigenvalue weighted by Gasteiger charge is 2.32. The van der Waals surface area contributed by atoms with Crippen LogP contribution >= 0.6 is 69.6 Å². The molecule has 1 N–H and O–H groups in total. The van der Waals surface area contributed by atoms with Gasteiger partial charge >= 0.3 is 20.1 Å². The summed E-state index contributed by atoms with van der Waals surface area (Å²) >= 11 is 30.2. The molecule has 0 amide bonds. The standard InChI is InChI=1S/C8H15NO2.C3Cl6O3/c1-2-11-8(10)7-5-3-4-6-9-7;4-2(5,6)11-1(10)12-3(7,8)9/h7,9H,2-6H2,1H3;. The van der Waals surface area contributed by atoms with Crippen LogP contribution in [0.1, 0.15) is 26.2 Å². The molecule has 136 valence electrons. The summed E-state index contributed by atoms with van der Waals surface area (Å²) in [5, 5.41) is 3.13. The second kappa shape index (κ2) is 11.1. The maximum absolute atomic E-state index is 11.1. The van der Waals surface area contributed by atoms with Crippen molar-refractivity contribution in [2.45, 2.75) is 40.2 Å². The van der Waals surface area contributed by atoms with Crippen molar-refractivity contribution in [2.75, 3.05) is 13.2 Å². The second-order valence-corrected chi connectivity index (χ2v) is 8.45. The highest BCUT2D eigenvalue weighted by Crippen LogP contribution is 2.32. The van der Waals surface area contributed by atoms with Crippen LogP contribution < -0.4 is 5.32 Å². The number of carbonyl (C=O) groups is 2. The van der Waals surface area contributed by atoms with E-state index < -0.39 is 14.1 Å². The summed E-state index contributed by atoms with van der Waals surface area (Å²) in [6, 6.07) is -0.0382. The largest absolute Gasteiger partial charge is 0.515 e. The fourth-order valence-electron chi connectivity index (χ4n) is 1.51. The first-order valence-corrected chi connectivity index (χ1v) is 8.67. The van der Waals surface area contributed by atoms with E-state index in [1.54, 1.807) is 0 Å². The predicted molar refractivity (Wildman–Crippen MR) is 90.4 cm³/mol. The Balaban J connectivity index is 0.000000422. The van der Waals surface area contributed by atoms with Crippen molar-refractivity contribution in [3.63, 3.8) is 0 Å². The number of hydrogen-bond acceptors (Lipinski definition) is 6. The van der Waals surface area contributed by atoms with Gasteiger partial charge in [0.25, 0.3) is 0 Å². The van der Waals surface area contributed by atoms with E-state index in [1.165, 1.54) is 6.42 Å². The number of hydrogen-bond donors (Lipinski definition) is 1. The van der Waals surface area contributed by atoms with Crippen LogP contribution in [-0.4, -0.2) is 39.3 Å². The molecule has 0 aromatic rings. The Kier molecular flexibility index (Phi) is 11.3. The molecular formula is C11H15Cl6NO5. The number of esters is 1. The number of halogens is 6. The molecule has 12 heteroatoms. The fraction of sp³-hybridized carbons (Fsp3) is 0.818. The third-order valence-electron chi connectivity index (χ3n) is 2.28. The minimum absolute atomic E-state index is 0.0382. The second-order valence-electron chi connectivity index (χ2n) is 4.10. The molecule has 0 saturated carbocycles. The molecule has 1 unspecified atom stereocenters. The van der Waals surface area contributed by atoms with Crippen LogP contribution in [-0.2, 0) is 19.0 Å². The summed E-state index contributed by atoms with van der Waals surface area (Å²) in [6.45, 7) is 3.27. The van der Waals surface area contributed by atoms with E-state index in [0.717, 1.165) is 19.4 Å². The molecule has 1 aliphatic rings. The molecular weight excluding hydrogens is 439 g/mol. The lowest BCUT2D eigenvalue weighted by atomic mass is 10.1. The molecule has 6 nitrogen and oxygen atoms in total. The molecule has 0 radical (unpaired) electrons. The average Bonchev–Trinajstić information content (AvgIpc) is 2.36. The molecule has 23 heavy (non-hydrogen) atoms. The number of nitrogens with one attached hydrogen (secondary N) is 1. The summed E-state index contributed by atoms with van der Waals surface area (Å²) in [5.74, 6) is -0.0906. The summed E-state index contributed by atoms with van der Waals surface area (Å²) in [6.07, 6.45) is 1.83. The molecule has 0 aromatic heterocycles. The van der Waals surface area contributed by atoms with E-state index in [-0.39, 0.29) is 12.0 Å². The van der Waals surface area contributed by atoms with E-state index in [0.29, 0.717) is 6.61 Å². The van der Waals surface area contributed by atoms with Gasteiger partial charge < -0.3 is 19.5 Å². The molecule has 1 aliphatic heterocycles. The minimum Gasteiger partial charge on any atom is -0.465 e. The molecule has 1 rings (SSSR count). The smallest absolute Gasteiger partial charge is 0.465 e. The zero-order valence-electron chi connectivity index (χ0n) is 11.9. The van der Waals surface area contributed by atoms with E-state index in [1.807, 2.05) is 6.92 Å². The Bertz CT molecular complexity index is 360. The molecule has 0 aromatic carbocycles. The van der Waals surface area contributed by atoms with Gasteiger partial charge in [0.2, 0.25) is 0 Å². The lowest BCUT2D eigenvalue weighted by Crippen LogP contribution is -2.41. The topological polar surface area (TPSA) is 73.9 Å². The van der Waals surface area contributed by atoms with Crippen LogP contribution in [0.15, 0.2) is 0 Å². The van der Waals surface area contributed by atoms with Crippen molar-refractivity contribution in [3.05, 3.63) is 0 Å². The van der Waals surface area contributed by atoms with Gasteiger partial charge in [0.15, 0.2) is 0 Å². The Morgan fingerprint density at radius 2 is 1.57 bits per heavy atom. The molecule has 0 spiro atoms. The third kappa shape index (κ3) is 14.5. The highest BCUT2D eigenvalue weighted by atomic mass is 35.6. The molecule has 1 atom stereocenters. The van der Waals surface area contributed by atoms with Crippen molar-refractivity contribution < 1.29 is 23.8 Å². The van der Waals surface area contributed by atoms with E-state index in [2.05, 4.69) is 14.8 Å². The molecule has 0 bridgehead atoms. The SMILES string of the molecule is CCOC(=O)C1CCCCN1.O=C(OC(Cl)(Cl)Cl)OC(Cl)(Cl)Cl. The van der Waals surface area contributed by atoms with Gasteiger partial charge in [0, 0.05) is 0 Å². The van der Waals surface area contributed by atoms with Gasteiger partial charge in [-0.3, -0.25) is 4.79 Å². The van der Waals surface area contributed by atoms with Crippen molar-refractivity contribution in [2.24, 2.45) is 0 Å². The summed E-state index contributed by atoms with van der Waals surface area (Å²) < 4.78 is 8.38. The Hall–Kier alpha value is 0.440. The maximum atomic E-state index is 11.1. The quantitative estimate of drug-likeness (QED) is 0.490. The number of alkyl halides is 6. The first kappa shape index (κ1) is 23.4. The Morgan fingerprint density at radius 1 is 1.04 bits per heavy atom. The van der Waals surface area contributed by atoms with Gasteiger partial charge in [-0.1, -0.05) is 6.42 Å². The normalized spacial score (nSPS) is 18.3. The van der Waals surface area contributed by atoms with Gasteiger partial charge in [0.05, 0.1) is 6.61 Å². The van der Waals surface area contributed by atoms with Crippen molar-refractivity contribution in [1.82, 2.24) is 5.32 Å². The van der Waals surface area contributed by atoms with E-state index in [4.69, 9.17) is 74.3 Å². The summed E-state index contributed by atoms with van der Waals surface area (Å²) in [4.78, 5) is 21.6. The number of ether oxygens (including phenoxy) is 3. The summed E-state index contributed by atoms with van der Waals surface area (Å²) in [5.41, 5.74) is 0. The van der Waals surface area contributed by atoms with E-state index >= 15 is 0 Å². The van der Waals surface area contributed by atoms with Crippen LogP contribution in [0.2, 0.25) is 0 Å². The molecule has 1 saturated heterocycles. The van der Waals surface area contributed by atoms with Gasteiger partial charge in [-0.05, 0) is 95.9 Å². The van der Waals surface area contributed by atoms with Gasteiger partial charge in [-0.15, -0.1) is 0 Å². The van der Waals surface area contributed by atoms with Crippen molar-refractivity contribution in [3.8, 4) is 0 Å².